The molecule has 2 atom stereocenters. The molecule has 5 nitrogen and oxygen atoms in total. The highest BCUT2D eigenvalue weighted by atomic mass is 16.2. The van der Waals surface area contributed by atoms with E-state index in [0.29, 0.717) is 11.1 Å². The standard InChI is InChI=1S/C18H24N4O/c1-21-13-6-5-7-14(21)11-12(10-13)19-18(23)17-15-8-3-4-9-16(15)22(2)20-17/h3-4,8-9,12-14H,5-7,10-11H2,1-2H3,(H,19,23)/i1D3,2D3,10D2,11D2,12D. The highest BCUT2D eigenvalue weighted by molar-refractivity contribution is 6.04. The molecule has 2 unspecified atom stereocenters. The number of fused-ring (bicyclic) bond motifs is 3. The number of benzene rings is 1. The Morgan fingerprint density at radius 3 is 2.87 bits per heavy atom. The monoisotopic (exact) mass is 323 g/mol. The van der Waals surface area contributed by atoms with Gasteiger partial charge in [0.25, 0.3) is 5.91 Å². The lowest BCUT2D eigenvalue weighted by Gasteiger charge is -2.47. The highest BCUT2D eigenvalue weighted by Crippen LogP contribution is 2.32. The molecule has 4 rings (SSSR count). The second-order valence-corrected chi connectivity index (χ2v) is 5.77. The number of aryl methyl sites for hydroxylation is 1. The third-order valence-electron chi connectivity index (χ3n) is 4.29. The molecule has 0 radical (unpaired) electrons. The molecule has 23 heavy (non-hydrogen) atoms. The first-order valence-electron chi connectivity index (χ1n) is 13.0. The Labute approximate surface area is 152 Å². The van der Waals surface area contributed by atoms with Crippen molar-refractivity contribution in [3.63, 3.8) is 0 Å². The van der Waals surface area contributed by atoms with E-state index in [1.807, 2.05) is 0 Å². The number of aromatic nitrogens is 2. The summed E-state index contributed by atoms with van der Waals surface area (Å²) in [6.07, 6.45) is -5.09. The molecule has 5 heteroatoms. The average molecular weight is 323 g/mol. The van der Waals surface area contributed by atoms with Gasteiger partial charge in [0.1, 0.15) is 0 Å². The molecule has 1 N–H and O–H groups in total. The minimum atomic E-state index is -2.88. The topological polar surface area (TPSA) is 50.2 Å². The Kier molecular flexibility index (Phi) is 1.70. The van der Waals surface area contributed by atoms with Gasteiger partial charge < -0.3 is 10.2 Å². The molecular formula is C18H24N4O. The summed E-state index contributed by atoms with van der Waals surface area (Å²) < 4.78 is 90.8. The van der Waals surface area contributed by atoms with Crippen LogP contribution in [0.3, 0.4) is 0 Å². The van der Waals surface area contributed by atoms with Gasteiger partial charge in [0, 0.05) is 44.2 Å². The maximum absolute atomic E-state index is 13.3. The van der Waals surface area contributed by atoms with Gasteiger partial charge in [-0.1, -0.05) is 24.6 Å². The van der Waals surface area contributed by atoms with Crippen molar-refractivity contribution < 1.29 is 19.9 Å². The molecule has 0 aliphatic carbocycles. The second kappa shape index (κ2) is 5.64. The number of carbonyl (C=O) groups excluding carboxylic acids is 1. The van der Waals surface area contributed by atoms with Crippen LogP contribution in [0.15, 0.2) is 24.3 Å². The number of carbonyl (C=O) groups is 1. The fourth-order valence-electron chi connectivity index (χ4n) is 3.14. The Morgan fingerprint density at radius 1 is 1.35 bits per heavy atom. The molecule has 2 saturated heterocycles. The van der Waals surface area contributed by atoms with Crippen molar-refractivity contribution in [1.29, 1.82) is 0 Å². The van der Waals surface area contributed by atoms with E-state index in [9.17, 15) is 4.79 Å². The van der Waals surface area contributed by atoms with Gasteiger partial charge in [0.05, 0.1) is 6.89 Å². The van der Waals surface area contributed by atoms with Crippen molar-refractivity contribution in [3.05, 3.63) is 30.0 Å². The Morgan fingerprint density at radius 2 is 2.13 bits per heavy atom. The summed E-state index contributed by atoms with van der Waals surface area (Å²) in [5, 5.41) is 6.19. The number of nitrogens with zero attached hydrogens (tertiary/aromatic N) is 3. The van der Waals surface area contributed by atoms with Gasteiger partial charge in [-0.25, -0.2) is 0 Å². The summed E-state index contributed by atoms with van der Waals surface area (Å²) in [7, 11) is 0. The SMILES string of the molecule is [2H]C([2H])([2H])N1C2CCCC1C([2H])([2H])C([2H])(NC(=O)c1nn(C([2H])([2H])[2H])c3ccccc13)C2([2H])[2H]. The van der Waals surface area contributed by atoms with Crippen LogP contribution in [0.25, 0.3) is 10.9 Å². The van der Waals surface area contributed by atoms with E-state index < -0.39 is 56.4 Å². The lowest BCUT2D eigenvalue weighted by Crippen LogP contribution is -2.55. The first-order chi connectivity index (χ1) is 15.4. The van der Waals surface area contributed by atoms with E-state index in [-0.39, 0.29) is 23.7 Å². The second-order valence-electron chi connectivity index (χ2n) is 5.77. The van der Waals surface area contributed by atoms with Crippen molar-refractivity contribution in [2.45, 2.75) is 50.1 Å². The summed E-state index contributed by atoms with van der Waals surface area (Å²) in [4.78, 5) is 14.1. The molecule has 2 fully saturated rings. The normalized spacial score (nSPS) is 43.7. The molecule has 2 aromatic rings. The van der Waals surface area contributed by atoms with E-state index in [0.717, 1.165) is 4.90 Å². The Balaban J connectivity index is 1.81. The van der Waals surface area contributed by atoms with Crippen LogP contribution < -0.4 is 5.32 Å². The first kappa shape index (κ1) is 6.93. The fourth-order valence-corrected chi connectivity index (χ4v) is 3.14. The smallest absolute Gasteiger partial charge is 0.272 e. The number of hydrogen-bond donors (Lipinski definition) is 1. The molecule has 2 aliphatic rings. The Hall–Kier alpha value is -1.88. The zero-order chi connectivity index (χ0) is 25.5. The van der Waals surface area contributed by atoms with E-state index in [1.54, 1.807) is 12.1 Å². The number of piperidine rings is 2. The minimum absolute atomic E-state index is 0.0745. The molecule has 2 bridgehead atoms. The Bertz CT molecular complexity index is 1100. The van der Waals surface area contributed by atoms with Gasteiger partial charge in [-0.05, 0) is 38.6 Å². The molecule has 0 spiro atoms. The first-order valence-corrected chi connectivity index (χ1v) is 7.54. The summed E-state index contributed by atoms with van der Waals surface area (Å²) in [5.41, 5.74) is -0.278. The molecule has 1 aromatic carbocycles. The van der Waals surface area contributed by atoms with Crippen molar-refractivity contribution in [1.82, 2.24) is 20.0 Å². The van der Waals surface area contributed by atoms with Gasteiger partial charge in [0.2, 0.25) is 0 Å². The van der Waals surface area contributed by atoms with Crippen LogP contribution in [0, 0.1) is 0 Å². The number of para-hydroxylation sites is 1. The van der Waals surface area contributed by atoms with E-state index in [1.165, 1.54) is 12.1 Å². The lowest BCUT2D eigenvalue weighted by molar-refractivity contribution is 0.0462. The van der Waals surface area contributed by atoms with Gasteiger partial charge in [-0.2, -0.15) is 5.10 Å². The quantitative estimate of drug-likeness (QED) is 0.923. The number of rotatable bonds is 2. The van der Waals surface area contributed by atoms with Crippen LogP contribution in [0.4, 0.5) is 0 Å². The van der Waals surface area contributed by atoms with Crippen molar-refractivity contribution in [2.75, 3.05) is 6.98 Å². The van der Waals surface area contributed by atoms with E-state index in [2.05, 4.69) is 10.4 Å². The van der Waals surface area contributed by atoms with Crippen LogP contribution in [-0.2, 0) is 6.98 Å². The maximum Gasteiger partial charge on any atom is 0.272 e. The molecule has 1 aromatic heterocycles. The van der Waals surface area contributed by atoms with Crippen LogP contribution in [0.2, 0.25) is 0 Å². The van der Waals surface area contributed by atoms with Gasteiger partial charge in [0.15, 0.2) is 5.69 Å². The van der Waals surface area contributed by atoms with Crippen LogP contribution >= 0.6 is 0 Å². The molecule has 1 amide bonds. The van der Waals surface area contributed by atoms with Gasteiger partial charge in [-0.15, -0.1) is 0 Å². The van der Waals surface area contributed by atoms with Crippen LogP contribution in [-0.4, -0.2) is 45.7 Å². The summed E-state index contributed by atoms with van der Waals surface area (Å²) in [6, 6.07) is 0.459. The largest absolute Gasteiger partial charge is 0.348 e. The van der Waals surface area contributed by atoms with Crippen LogP contribution in [0.5, 0.6) is 0 Å². The molecular weight excluding hydrogens is 288 g/mol. The minimum Gasteiger partial charge on any atom is -0.348 e. The number of hydrogen-bond acceptors (Lipinski definition) is 3. The highest BCUT2D eigenvalue weighted by Gasteiger charge is 2.36. The van der Waals surface area contributed by atoms with Crippen LogP contribution in [0.1, 0.15) is 57.6 Å². The maximum atomic E-state index is 13.3. The third kappa shape index (κ3) is 2.53. The predicted molar refractivity (Wildman–Crippen MR) is 90.4 cm³/mol. The number of nitrogens with one attached hydrogen (secondary N) is 1. The predicted octanol–water partition coefficient (Wildman–Crippen LogP) is 2.32. The van der Waals surface area contributed by atoms with Crippen molar-refractivity contribution in [3.8, 4) is 0 Å². The van der Waals surface area contributed by atoms with Crippen molar-refractivity contribution >= 4 is 16.8 Å². The zero-order valence-electron chi connectivity index (χ0n) is 23.3. The van der Waals surface area contributed by atoms with Gasteiger partial charge in [-0.3, -0.25) is 9.48 Å². The number of amides is 1. The zero-order valence-corrected chi connectivity index (χ0v) is 12.3. The summed E-state index contributed by atoms with van der Waals surface area (Å²) in [6.45, 7) is -5.52. The molecule has 3 heterocycles. The average Bonchev–Trinajstić information content (AvgIpc) is 3.12. The molecule has 2 aliphatic heterocycles. The van der Waals surface area contributed by atoms with Gasteiger partial charge >= 0.3 is 0 Å². The summed E-state index contributed by atoms with van der Waals surface area (Å²) >= 11 is 0. The molecule has 0 saturated carbocycles. The van der Waals surface area contributed by atoms with E-state index >= 15 is 0 Å². The lowest BCUT2D eigenvalue weighted by atomic mass is 9.82. The van der Waals surface area contributed by atoms with Crippen molar-refractivity contribution in [2.24, 2.45) is 6.98 Å². The summed E-state index contributed by atoms with van der Waals surface area (Å²) in [5.74, 6) is -1.12. The third-order valence-corrected chi connectivity index (χ3v) is 4.29. The fraction of sp³-hybridized carbons (Fsp3) is 0.556. The van der Waals surface area contributed by atoms with E-state index in [4.69, 9.17) is 15.1 Å². The molecule has 122 valence electrons.